The molecule has 0 aliphatic heterocycles. The summed E-state index contributed by atoms with van der Waals surface area (Å²) in [5.74, 6) is 0.812. The summed E-state index contributed by atoms with van der Waals surface area (Å²) in [4.78, 5) is 8.64. The fourth-order valence-corrected chi connectivity index (χ4v) is 1.84. The van der Waals surface area contributed by atoms with Gasteiger partial charge in [-0.1, -0.05) is 17.2 Å². The molecule has 0 fully saturated rings. The summed E-state index contributed by atoms with van der Waals surface area (Å²) in [6, 6.07) is 6.40. The molecule has 1 N–H and O–H groups in total. The number of nitrogens with one attached hydrogen (secondary N) is 1. The van der Waals surface area contributed by atoms with Gasteiger partial charge < -0.3 is 5.32 Å². The lowest BCUT2D eigenvalue weighted by Crippen LogP contribution is -1.97. The molecule has 2 rings (SSSR count). The minimum absolute atomic E-state index is 0.812. The number of hydrogen-bond donors (Lipinski definition) is 1. The Bertz CT molecular complexity index is 486. The Morgan fingerprint density at radius 2 is 1.56 bits per heavy atom. The molecule has 0 unspecified atom stereocenters. The first-order valence-electron chi connectivity index (χ1n) is 5.28. The summed E-state index contributed by atoms with van der Waals surface area (Å²) in [7, 11) is 1.86. The van der Waals surface area contributed by atoms with Crippen LogP contribution in [0.3, 0.4) is 0 Å². The molecule has 1 aromatic heterocycles. The van der Waals surface area contributed by atoms with Gasteiger partial charge in [-0.05, 0) is 26.0 Å². The highest BCUT2D eigenvalue weighted by molar-refractivity contribution is 5.71. The molecular weight excluding hydrogens is 198 g/mol. The summed E-state index contributed by atoms with van der Waals surface area (Å²) in [6.07, 6.45) is 3.41. The third kappa shape index (κ3) is 2.03. The van der Waals surface area contributed by atoms with Crippen LogP contribution < -0.4 is 5.32 Å². The van der Waals surface area contributed by atoms with Crippen molar-refractivity contribution in [1.82, 2.24) is 9.97 Å². The molecule has 1 aromatic carbocycles. The highest BCUT2D eigenvalue weighted by Gasteiger charge is 2.06. The van der Waals surface area contributed by atoms with E-state index < -0.39 is 0 Å². The number of nitrogens with zero attached hydrogens (tertiary/aromatic N) is 2. The largest absolute Gasteiger partial charge is 0.371 e. The highest BCUT2D eigenvalue weighted by Crippen LogP contribution is 2.24. The smallest absolute Gasteiger partial charge is 0.152 e. The van der Waals surface area contributed by atoms with Gasteiger partial charge in [0.1, 0.15) is 5.69 Å². The van der Waals surface area contributed by atoms with Crippen molar-refractivity contribution in [3.05, 3.63) is 41.7 Å². The lowest BCUT2D eigenvalue weighted by Gasteiger charge is -2.08. The summed E-state index contributed by atoms with van der Waals surface area (Å²) in [5.41, 5.74) is 4.48. The third-order valence-corrected chi connectivity index (χ3v) is 2.43. The number of hydrogen-bond acceptors (Lipinski definition) is 3. The summed E-state index contributed by atoms with van der Waals surface area (Å²) in [6.45, 7) is 4.18. The zero-order chi connectivity index (χ0) is 11.5. The molecule has 2 aromatic rings. The highest BCUT2D eigenvalue weighted by atomic mass is 15.0. The second kappa shape index (κ2) is 4.31. The van der Waals surface area contributed by atoms with E-state index in [-0.39, 0.29) is 0 Å². The van der Waals surface area contributed by atoms with Crippen LogP contribution in [-0.2, 0) is 0 Å². The van der Waals surface area contributed by atoms with E-state index in [1.807, 2.05) is 7.05 Å². The molecule has 3 nitrogen and oxygen atoms in total. The van der Waals surface area contributed by atoms with Gasteiger partial charge in [0, 0.05) is 25.0 Å². The van der Waals surface area contributed by atoms with Gasteiger partial charge in [-0.3, -0.25) is 4.98 Å². The van der Waals surface area contributed by atoms with Crippen LogP contribution in [0, 0.1) is 13.8 Å². The third-order valence-electron chi connectivity index (χ3n) is 2.43. The van der Waals surface area contributed by atoms with Crippen molar-refractivity contribution in [2.24, 2.45) is 0 Å². The van der Waals surface area contributed by atoms with Gasteiger partial charge in [-0.15, -0.1) is 0 Å². The molecule has 16 heavy (non-hydrogen) atoms. The Morgan fingerprint density at radius 3 is 2.19 bits per heavy atom. The van der Waals surface area contributed by atoms with Crippen molar-refractivity contribution in [2.75, 3.05) is 12.4 Å². The number of anilines is 1. The van der Waals surface area contributed by atoms with Gasteiger partial charge in [-0.2, -0.15) is 0 Å². The van der Waals surface area contributed by atoms with E-state index in [9.17, 15) is 0 Å². The van der Waals surface area contributed by atoms with Gasteiger partial charge in [0.2, 0.25) is 0 Å². The summed E-state index contributed by atoms with van der Waals surface area (Å²) < 4.78 is 0. The molecule has 0 aliphatic carbocycles. The second-order valence-electron chi connectivity index (χ2n) is 3.88. The molecule has 0 aliphatic rings. The average molecular weight is 213 g/mol. The molecule has 3 heteroatoms. The minimum atomic E-state index is 0.812. The molecule has 0 spiro atoms. The number of aromatic nitrogens is 2. The van der Waals surface area contributed by atoms with Crippen LogP contribution in [0.5, 0.6) is 0 Å². The fraction of sp³-hybridized carbons (Fsp3) is 0.231. The van der Waals surface area contributed by atoms with Crippen molar-refractivity contribution in [2.45, 2.75) is 13.8 Å². The first-order valence-corrected chi connectivity index (χ1v) is 5.28. The first-order chi connectivity index (χ1) is 7.70. The predicted octanol–water partition coefficient (Wildman–Crippen LogP) is 2.80. The van der Waals surface area contributed by atoms with Crippen LogP contribution in [0.25, 0.3) is 11.3 Å². The lowest BCUT2D eigenvalue weighted by molar-refractivity contribution is 1.19. The number of aryl methyl sites for hydroxylation is 2. The van der Waals surface area contributed by atoms with E-state index in [1.54, 1.807) is 12.4 Å². The number of benzene rings is 1. The average Bonchev–Trinajstić information content (AvgIpc) is 2.27. The Labute approximate surface area is 95.6 Å². The molecular formula is C13H15N3. The Kier molecular flexibility index (Phi) is 2.86. The molecule has 1 heterocycles. The zero-order valence-corrected chi connectivity index (χ0v) is 9.78. The van der Waals surface area contributed by atoms with Crippen LogP contribution >= 0.6 is 0 Å². The van der Waals surface area contributed by atoms with Gasteiger partial charge in [0.05, 0.1) is 0 Å². The Morgan fingerprint density at radius 1 is 0.938 bits per heavy atom. The molecule has 0 atom stereocenters. The summed E-state index contributed by atoms with van der Waals surface area (Å²) >= 11 is 0. The van der Waals surface area contributed by atoms with Crippen molar-refractivity contribution < 1.29 is 0 Å². The van der Waals surface area contributed by atoms with E-state index in [4.69, 9.17) is 0 Å². The number of rotatable bonds is 2. The zero-order valence-electron chi connectivity index (χ0n) is 9.78. The van der Waals surface area contributed by atoms with Crippen LogP contribution in [0.2, 0.25) is 0 Å². The maximum absolute atomic E-state index is 4.38. The lowest BCUT2D eigenvalue weighted by atomic mass is 10.0. The summed E-state index contributed by atoms with van der Waals surface area (Å²) in [5, 5.41) is 3.06. The molecule has 0 bridgehead atoms. The second-order valence-corrected chi connectivity index (χ2v) is 3.88. The van der Waals surface area contributed by atoms with Crippen molar-refractivity contribution in [3.8, 4) is 11.3 Å². The molecule has 0 amide bonds. The molecule has 0 saturated carbocycles. The monoisotopic (exact) mass is 213 g/mol. The quantitative estimate of drug-likeness (QED) is 0.833. The van der Waals surface area contributed by atoms with Crippen LogP contribution in [0.1, 0.15) is 11.1 Å². The van der Waals surface area contributed by atoms with Gasteiger partial charge >= 0.3 is 0 Å². The van der Waals surface area contributed by atoms with Crippen LogP contribution in [0.15, 0.2) is 30.6 Å². The normalized spacial score (nSPS) is 10.2. The van der Waals surface area contributed by atoms with E-state index in [0.29, 0.717) is 0 Å². The van der Waals surface area contributed by atoms with Crippen molar-refractivity contribution >= 4 is 5.82 Å². The maximum Gasteiger partial charge on any atom is 0.152 e. The van der Waals surface area contributed by atoms with Crippen molar-refractivity contribution in [1.29, 1.82) is 0 Å². The Hall–Kier alpha value is -1.90. The van der Waals surface area contributed by atoms with Gasteiger partial charge in [0.25, 0.3) is 0 Å². The first kappa shape index (κ1) is 10.6. The van der Waals surface area contributed by atoms with Gasteiger partial charge in [0.15, 0.2) is 5.82 Å². The van der Waals surface area contributed by atoms with Crippen LogP contribution in [-0.4, -0.2) is 17.0 Å². The standard InChI is InChI=1S/C13H15N3/c1-9-6-10(2)8-11(7-9)12-13(14-3)16-5-4-15-12/h4-8H,1-3H3,(H,14,16). The maximum atomic E-state index is 4.38. The van der Waals surface area contributed by atoms with Crippen molar-refractivity contribution in [3.63, 3.8) is 0 Å². The predicted molar refractivity (Wildman–Crippen MR) is 66.5 cm³/mol. The van der Waals surface area contributed by atoms with E-state index in [2.05, 4.69) is 47.3 Å². The fourth-order valence-electron chi connectivity index (χ4n) is 1.84. The molecule has 82 valence electrons. The van der Waals surface area contributed by atoms with E-state index >= 15 is 0 Å². The SMILES string of the molecule is CNc1nccnc1-c1cc(C)cc(C)c1. The van der Waals surface area contributed by atoms with E-state index in [0.717, 1.165) is 17.1 Å². The molecule has 0 saturated heterocycles. The topological polar surface area (TPSA) is 37.8 Å². The minimum Gasteiger partial charge on any atom is -0.371 e. The van der Waals surface area contributed by atoms with Gasteiger partial charge in [-0.25, -0.2) is 4.98 Å². The Balaban J connectivity index is 2.58. The molecule has 0 radical (unpaired) electrons. The van der Waals surface area contributed by atoms with Crippen LogP contribution in [0.4, 0.5) is 5.82 Å². The van der Waals surface area contributed by atoms with E-state index in [1.165, 1.54) is 11.1 Å².